The number of nitrogens with one attached hydrogen (secondary N) is 2. The van der Waals surface area contributed by atoms with Gasteiger partial charge in [0.15, 0.2) is 0 Å². The Bertz CT molecular complexity index is 942. The fraction of sp³-hybridized carbons (Fsp3) is 0.211. The van der Waals surface area contributed by atoms with Gasteiger partial charge in [-0.2, -0.15) is 0 Å². The number of carbonyl (C=O) groups is 1. The molecule has 0 saturated carbocycles. The van der Waals surface area contributed by atoms with Gasteiger partial charge in [-0.05, 0) is 60.1 Å². The summed E-state index contributed by atoms with van der Waals surface area (Å²) in [5.74, 6) is 1.09. The van der Waals surface area contributed by atoms with Gasteiger partial charge in [0.1, 0.15) is 5.75 Å². The number of carbonyl (C=O) groups excluding carboxylic acids is 1. The molecule has 0 aliphatic rings. The molecule has 0 aliphatic carbocycles. The van der Waals surface area contributed by atoms with Crippen molar-refractivity contribution in [1.82, 2.24) is 15.3 Å². The first kappa shape index (κ1) is 18.1. The van der Waals surface area contributed by atoms with Crippen LogP contribution >= 0.6 is 15.9 Å². The van der Waals surface area contributed by atoms with E-state index in [2.05, 4.69) is 36.5 Å². The zero-order valence-electron chi connectivity index (χ0n) is 14.7. The van der Waals surface area contributed by atoms with Gasteiger partial charge in [0.2, 0.25) is 5.95 Å². The Hall–Kier alpha value is -2.67. The Morgan fingerprint density at radius 3 is 2.58 bits per heavy atom. The average Bonchev–Trinajstić information content (AvgIpc) is 2.61. The van der Waals surface area contributed by atoms with Gasteiger partial charge in [0, 0.05) is 34.9 Å². The van der Waals surface area contributed by atoms with Crippen molar-refractivity contribution in [3.8, 4) is 5.75 Å². The molecule has 0 aliphatic heterocycles. The lowest BCUT2D eigenvalue weighted by molar-refractivity contribution is 0.0943. The molecule has 0 saturated heterocycles. The Kier molecular flexibility index (Phi) is 5.37. The molecule has 0 bridgehead atoms. The molecule has 0 spiro atoms. The number of hydrogen-bond donors (Lipinski definition) is 2. The minimum atomic E-state index is -0.0915. The smallest absolute Gasteiger partial charge is 0.251 e. The van der Waals surface area contributed by atoms with Crippen LogP contribution in [-0.4, -0.2) is 29.0 Å². The lowest BCUT2D eigenvalue weighted by atomic mass is 10.2. The van der Waals surface area contributed by atoms with Crippen LogP contribution in [0.25, 0.3) is 10.9 Å². The Labute approximate surface area is 160 Å². The van der Waals surface area contributed by atoms with Gasteiger partial charge in [-0.1, -0.05) is 0 Å². The number of aromatic nitrogens is 2. The number of methoxy groups -OCH3 is 1. The second-order valence-corrected chi connectivity index (χ2v) is 6.92. The third-order valence-electron chi connectivity index (χ3n) is 3.68. The van der Waals surface area contributed by atoms with Crippen LogP contribution < -0.4 is 15.4 Å². The number of rotatable bonds is 5. The first-order valence-electron chi connectivity index (χ1n) is 8.14. The van der Waals surface area contributed by atoms with Crippen molar-refractivity contribution in [3.05, 3.63) is 52.6 Å². The van der Waals surface area contributed by atoms with Gasteiger partial charge >= 0.3 is 0 Å². The number of benzene rings is 2. The van der Waals surface area contributed by atoms with Crippen LogP contribution in [0, 0.1) is 0 Å². The summed E-state index contributed by atoms with van der Waals surface area (Å²) < 4.78 is 6.16. The molecule has 26 heavy (non-hydrogen) atoms. The van der Waals surface area contributed by atoms with E-state index in [1.165, 1.54) is 0 Å². The largest absolute Gasteiger partial charge is 0.495 e. The van der Waals surface area contributed by atoms with Crippen LogP contribution in [0.15, 0.2) is 47.1 Å². The van der Waals surface area contributed by atoms with E-state index in [4.69, 9.17) is 4.74 Å². The molecule has 3 aromatic rings. The highest BCUT2D eigenvalue weighted by atomic mass is 79.9. The number of ether oxygens (including phenoxy) is 1. The lowest BCUT2D eigenvalue weighted by Gasteiger charge is -2.10. The van der Waals surface area contributed by atoms with E-state index in [9.17, 15) is 4.79 Å². The van der Waals surface area contributed by atoms with Gasteiger partial charge in [-0.15, -0.1) is 0 Å². The summed E-state index contributed by atoms with van der Waals surface area (Å²) in [6, 6.07) is 11.0. The second-order valence-electron chi connectivity index (χ2n) is 6.07. The van der Waals surface area contributed by atoms with Gasteiger partial charge in [0.25, 0.3) is 5.91 Å². The molecular weight excluding hydrogens is 396 g/mol. The molecule has 0 unspecified atom stereocenters. The van der Waals surface area contributed by atoms with Gasteiger partial charge < -0.3 is 15.4 Å². The van der Waals surface area contributed by atoms with Crippen molar-refractivity contribution < 1.29 is 9.53 Å². The summed E-state index contributed by atoms with van der Waals surface area (Å²) in [6.07, 6.45) is 1.75. The van der Waals surface area contributed by atoms with E-state index >= 15 is 0 Å². The second kappa shape index (κ2) is 7.70. The zero-order chi connectivity index (χ0) is 18.7. The summed E-state index contributed by atoms with van der Waals surface area (Å²) in [6.45, 7) is 3.86. The molecule has 0 radical (unpaired) electrons. The normalized spacial score (nSPS) is 10.8. The van der Waals surface area contributed by atoms with Crippen LogP contribution in [0.3, 0.4) is 0 Å². The quantitative estimate of drug-likeness (QED) is 0.651. The summed E-state index contributed by atoms with van der Waals surface area (Å²) >= 11 is 3.45. The summed E-state index contributed by atoms with van der Waals surface area (Å²) in [5.41, 5.74) is 2.18. The number of halogens is 1. The number of hydrogen-bond acceptors (Lipinski definition) is 5. The molecule has 1 aromatic heterocycles. The molecule has 3 rings (SSSR count). The topological polar surface area (TPSA) is 76.1 Å². The molecule has 134 valence electrons. The van der Waals surface area contributed by atoms with Crippen LogP contribution in [0.2, 0.25) is 0 Å². The van der Waals surface area contributed by atoms with Crippen molar-refractivity contribution in [2.45, 2.75) is 19.9 Å². The Morgan fingerprint density at radius 2 is 1.92 bits per heavy atom. The number of nitrogens with zero attached hydrogens (tertiary/aromatic N) is 2. The van der Waals surface area contributed by atoms with Crippen molar-refractivity contribution in [2.75, 3.05) is 12.4 Å². The highest BCUT2D eigenvalue weighted by molar-refractivity contribution is 9.10. The van der Waals surface area contributed by atoms with E-state index < -0.39 is 0 Å². The van der Waals surface area contributed by atoms with Crippen LogP contribution in [-0.2, 0) is 0 Å². The SMILES string of the molecule is COc1cc2nc(Nc3ccc(C(=O)NC(C)C)cc3)ncc2cc1Br. The average molecular weight is 415 g/mol. The molecule has 1 amide bonds. The summed E-state index contributed by atoms with van der Waals surface area (Å²) in [5, 5.41) is 6.92. The van der Waals surface area contributed by atoms with Crippen molar-refractivity contribution in [3.63, 3.8) is 0 Å². The fourth-order valence-corrected chi connectivity index (χ4v) is 2.95. The van der Waals surface area contributed by atoms with Crippen LogP contribution in [0.1, 0.15) is 24.2 Å². The molecule has 6 nitrogen and oxygen atoms in total. The predicted octanol–water partition coefficient (Wildman–Crippen LogP) is 4.28. The van der Waals surface area contributed by atoms with Crippen molar-refractivity contribution in [1.29, 1.82) is 0 Å². The molecule has 0 fully saturated rings. The monoisotopic (exact) mass is 414 g/mol. The maximum atomic E-state index is 12.0. The van der Waals surface area contributed by atoms with Gasteiger partial charge in [0.05, 0.1) is 17.1 Å². The standard InChI is InChI=1S/C19H19BrN4O2/c1-11(2)22-18(25)12-4-6-14(7-5-12)23-19-21-10-13-8-15(20)17(26-3)9-16(13)24-19/h4-11H,1-3H3,(H,22,25)(H,21,23,24). The van der Waals surface area contributed by atoms with Crippen molar-refractivity contribution in [2.24, 2.45) is 0 Å². The number of fused-ring (bicyclic) bond motifs is 1. The summed E-state index contributed by atoms with van der Waals surface area (Å²) in [4.78, 5) is 20.8. The van der Waals surface area contributed by atoms with E-state index in [-0.39, 0.29) is 11.9 Å². The minimum Gasteiger partial charge on any atom is -0.495 e. The first-order valence-corrected chi connectivity index (χ1v) is 8.94. The number of anilines is 2. The Balaban J connectivity index is 1.80. The van der Waals surface area contributed by atoms with Crippen molar-refractivity contribution >= 4 is 44.4 Å². The number of amides is 1. The van der Waals surface area contributed by atoms with Crippen LogP contribution in [0.5, 0.6) is 5.75 Å². The highest BCUT2D eigenvalue weighted by Crippen LogP contribution is 2.29. The van der Waals surface area contributed by atoms with E-state index in [1.54, 1.807) is 25.4 Å². The first-order chi connectivity index (χ1) is 12.5. The molecule has 0 atom stereocenters. The summed E-state index contributed by atoms with van der Waals surface area (Å²) in [7, 11) is 1.61. The third kappa shape index (κ3) is 4.11. The third-order valence-corrected chi connectivity index (χ3v) is 4.30. The zero-order valence-corrected chi connectivity index (χ0v) is 16.3. The lowest BCUT2D eigenvalue weighted by Crippen LogP contribution is -2.29. The molecule has 2 aromatic carbocycles. The molecule has 2 N–H and O–H groups in total. The molecule has 7 heteroatoms. The minimum absolute atomic E-state index is 0.0915. The predicted molar refractivity (Wildman–Crippen MR) is 106 cm³/mol. The highest BCUT2D eigenvalue weighted by Gasteiger charge is 2.08. The van der Waals surface area contributed by atoms with Crippen LogP contribution in [0.4, 0.5) is 11.6 Å². The van der Waals surface area contributed by atoms with E-state index in [0.717, 1.165) is 21.1 Å². The fourth-order valence-electron chi connectivity index (χ4n) is 2.43. The maximum Gasteiger partial charge on any atom is 0.251 e. The van der Waals surface area contributed by atoms with Gasteiger partial charge in [-0.3, -0.25) is 4.79 Å². The maximum absolute atomic E-state index is 12.0. The van der Waals surface area contributed by atoms with E-state index in [0.29, 0.717) is 17.3 Å². The Morgan fingerprint density at radius 1 is 1.19 bits per heavy atom. The molecular formula is C19H19BrN4O2. The van der Waals surface area contributed by atoms with Gasteiger partial charge in [-0.25, -0.2) is 9.97 Å². The van der Waals surface area contributed by atoms with E-state index in [1.807, 2.05) is 38.1 Å². The molecule has 1 heterocycles.